The first-order chi connectivity index (χ1) is 10.4. The molecule has 3 heterocycles. The molecule has 1 fully saturated rings. The van der Waals surface area contributed by atoms with Gasteiger partial charge in [0.15, 0.2) is 15.0 Å². The van der Waals surface area contributed by atoms with Crippen molar-refractivity contribution in [2.24, 2.45) is 5.10 Å². The maximum absolute atomic E-state index is 12.1. The van der Waals surface area contributed by atoms with Gasteiger partial charge in [0.2, 0.25) is 5.91 Å². The average Bonchev–Trinajstić information content (AvgIpc) is 3.08. The molecule has 22 heavy (non-hydrogen) atoms. The van der Waals surface area contributed by atoms with Crippen molar-refractivity contribution in [3.8, 4) is 0 Å². The summed E-state index contributed by atoms with van der Waals surface area (Å²) in [7, 11) is -3.12. The summed E-state index contributed by atoms with van der Waals surface area (Å²) >= 11 is 1.28. The summed E-state index contributed by atoms with van der Waals surface area (Å²) in [6.07, 6.45) is 2.33. The van der Waals surface area contributed by atoms with Gasteiger partial charge in [0.05, 0.1) is 17.5 Å². The van der Waals surface area contributed by atoms with Gasteiger partial charge >= 0.3 is 0 Å². The highest BCUT2D eigenvalue weighted by Crippen LogP contribution is 2.22. The van der Waals surface area contributed by atoms with Crippen molar-refractivity contribution >= 4 is 43.8 Å². The lowest BCUT2D eigenvalue weighted by Gasteiger charge is -2.27. The molecule has 1 aromatic rings. The molecule has 0 aliphatic carbocycles. The molecule has 2 aliphatic rings. The number of hydrazone groups is 1. The van der Waals surface area contributed by atoms with Crippen molar-refractivity contribution in [1.82, 2.24) is 9.99 Å². The maximum atomic E-state index is 12.1. The van der Waals surface area contributed by atoms with Crippen LogP contribution in [0.4, 0.5) is 5.13 Å². The van der Waals surface area contributed by atoms with E-state index >= 15 is 0 Å². The van der Waals surface area contributed by atoms with Gasteiger partial charge in [-0.1, -0.05) is 0 Å². The highest BCUT2D eigenvalue weighted by Gasteiger charge is 2.37. The summed E-state index contributed by atoms with van der Waals surface area (Å²) in [5.74, 6) is -0.692. The number of hydrogen-bond donors (Lipinski definition) is 1. The van der Waals surface area contributed by atoms with Crippen LogP contribution in [0, 0.1) is 0 Å². The van der Waals surface area contributed by atoms with E-state index in [0.29, 0.717) is 11.6 Å². The molecule has 0 saturated carbocycles. The van der Waals surface area contributed by atoms with Gasteiger partial charge < -0.3 is 0 Å². The molecule has 1 atom stereocenters. The van der Waals surface area contributed by atoms with E-state index in [0.717, 1.165) is 0 Å². The van der Waals surface area contributed by atoms with Crippen LogP contribution in [-0.4, -0.2) is 53.5 Å². The van der Waals surface area contributed by atoms with Crippen molar-refractivity contribution in [2.45, 2.75) is 25.3 Å². The van der Waals surface area contributed by atoms with Gasteiger partial charge in [0.1, 0.15) is 5.71 Å². The number of aromatic nitrogens is 1. The quantitative estimate of drug-likeness (QED) is 0.847. The normalized spacial score (nSPS) is 24.2. The van der Waals surface area contributed by atoms with E-state index in [1.54, 1.807) is 11.6 Å². The molecule has 0 unspecified atom stereocenters. The first kappa shape index (κ1) is 15.1. The minimum Gasteiger partial charge on any atom is -0.297 e. The van der Waals surface area contributed by atoms with Crippen LogP contribution in [0.2, 0.25) is 0 Å². The summed E-state index contributed by atoms with van der Waals surface area (Å²) < 4.78 is 23.1. The Morgan fingerprint density at radius 3 is 2.86 bits per heavy atom. The molecule has 8 nitrogen and oxygen atoms in total. The van der Waals surface area contributed by atoms with Gasteiger partial charge in [-0.05, 0) is 6.42 Å². The molecule has 118 valence electrons. The van der Waals surface area contributed by atoms with Crippen LogP contribution in [0.15, 0.2) is 16.7 Å². The Kier molecular flexibility index (Phi) is 3.96. The minimum absolute atomic E-state index is 0.0532. The van der Waals surface area contributed by atoms with Crippen LogP contribution in [0.25, 0.3) is 0 Å². The van der Waals surface area contributed by atoms with E-state index in [4.69, 9.17) is 0 Å². The second-order valence-electron chi connectivity index (χ2n) is 5.13. The van der Waals surface area contributed by atoms with Crippen LogP contribution < -0.4 is 5.32 Å². The molecule has 1 N–H and O–H groups in total. The number of sulfone groups is 1. The Hall–Kier alpha value is -1.81. The van der Waals surface area contributed by atoms with Gasteiger partial charge in [0.25, 0.3) is 5.91 Å². The van der Waals surface area contributed by atoms with E-state index in [2.05, 4.69) is 15.4 Å². The molecule has 0 bridgehead atoms. The van der Waals surface area contributed by atoms with Gasteiger partial charge in [-0.2, -0.15) is 5.10 Å². The predicted molar refractivity (Wildman–Crippen MR) is 81.3 cm³/mol. The van der Waals surface area contributed by atoms with Crippen LogP contribution >= 0.6 is 11.3 Å². The first-order valence-corrected chi connectivity index (χ1v) is 9.45. The van der Waals surface area contributed by atoms with Crippen molar-refractivity contribution < 1.29 is 18.0 Å². The standard InChI is InChI=1S/C12H14N4O4S2/c17-10-2-1-9(11(18)14-12-13-4-5-21-12)15-16(10)8-3-6-22(19,20)7-8/h4-5,8H,1-3,6-7H2,(H,13,14,18)/t8-/m1/s1. The summed E-state index contributed by atoms with van der Waals surface area (Å²) in [5.41, 5.74) is 0.221. The second-order valence-corrected chi connectivity index (χ2v) is 8.26. The smallest absolute Gasteiger partial charge is 0.273 e. The number of anilines is 1. The average molecular weight is 342 g/mol. The highest BCUT2D eigenvalue weighted by atomic mass is 32.2. The number of amides is 2. The lowest BCUT2D eigenvalue weighted by atomic mass is 10.1. The number of carbonyl (C=O) groups excluding carboxylic acids is 2. The fraction of sp³-hybridized carbons (Fsp3) is 0.500. The topological polar surface area (TPSA) is 109 Å². The third-order valence-corrected chi connectivity index (χ3v) is 5.97. The van der Waals surface area contributed by atoms with Crippen molar-refractivity contribution in [1.29, 1.82) is 0 Å². The first-order valence-electron chi connectivity index (χ1n) is 6.75. The highest BCUT2D eigenvalue weighted by molar-refractivity contribution is 7.91. The van der Waals surface area contributed by atoms with Gasteiger partial charge in [-0.15, -0.1) is 11.3 Å². The fourth-order valence-electron chi connectivity index (χ4n) is 2.44. The molecule has 1 aromatic heterocycles. The molecule has 10 heteroatoms. The van der Waals surface area contributed by atoms with E-state index in [9.17, 15) is 18.0 Å². The summed E-state index contributed by atoms with van der Waals surface area (Å²) in [6, 6.07) is -0.472. The molecule has 2 aliphatic heterocycles. The van der Waals surface area contributed by atoms with Gasteiger partial charge in [-0.25, -0.2) is 18.4 Å². The van der Waals surface area contributed by atoms with E-state index < -0.39 is 21.8 Å². The summed E-state index contributed by atoms with van der Waals surface area (Å²) in [4.78, 5) is 28.0. The summed E-state index contributed by atoms with van der Waals surface area (Å²) in [5, 5.41) is 10.1. The number of rotatable bonds is 3. The largest absolute Gasteiger partial charge is 0.297 e. The minimum atomic E-state index is -3.12. The van der Waals surface area contributed by atoms with Crippen LogP contribution in [0.3, 0.4) is 0 Å². The molecular weight excluding hydrogens is 328 g/mol. The summed E-state index contributed by atoms with van der Waals surface area (Å²) in [6.45, 7) is 0. The van der Waals surface area contributed by atoms with Crippen LogP contribution in [0.1, 0.15) is 19.3 Å². The number of carbonyl (C=O) groups is 2. The molecule has 0 spiro atoms. The molecule has 3 rings (SSSR count). The number of nitrogens with zero attached hydrogens (tertiary/aromatic N) is 3. The van der Waals surface area contributed by atoms with Gasteiger partial charge in [0, 0.05) is 24.4 Å². The van der Waals surface area contributed by atoms with E-state index in [1.165, 1.54) is 16.3 Å². The zero-order chi connectivity index (χ0) is 15.7. The fourth-order valence-corrected chi connectivity index (χ4v) is 4.66. The maximum Gasteiger partial charge on any atom is 0.273 e. The molecule has 0 aromatic carbocycles. The number of nitrogens with one attached hydrogen (secondary N) is 1. The molecule has 2 amide bonds. The lowest BCUT2D eigenvalue weighted by molar-refractivity contribution is -0.133. The lowest BCUT2D eigenvalue weighted by Crippen LogP contribution is -2.42. The van der Waals surface area contributed by atoms with E-state index in [-0.39, 0.29) is 36.0 Å². The predicted octanol–water partition coefficient (Wildman–Crippen LogP) is 0.247. The Bertz CT molecular complexity index is 726. The third kappa shape index (κ3) is 3.17. The van der Waals surface area contributed by atoms with Crippen molar-refractivity contribution in [2.75, 3.05) is 16.8 Å². The molecule has 0 radical (unpaired) electrons. The monoisotopic (exact) mass is 342 g/mol. The van der Waals surface area contributed by atoms with Crippen molar-refractivity contribution in [3.05, 3.63) is 11.6 Å². The van der Waals surface area contributed by atoms with Gasteiger partial charge in [-0.3, -0.25) is 14.9 Å². The molecule has 1 saturated heterocycles. The number of thiazole rings is 1. The number of hydrogen-bond acceptors (Lipinski definition) is 7. The second kappa shape index (κ2) is 5.76. The third-order valence-electron chi connectivity index (χ3n) is 3.53. The molecular formula is C12H14N4O4S2. The zero-order valence-electron chi connectivity index (χ0n) is 11.6. The Morgan fingerprint density at radius 1 is 1.41 bits per heavy atom. The van der Waals surface area contributed by atoms with Crippen LogP contribution in [0.5, 0.6) is 0 Å². The van der Waals surface area contributed by atoms with Crippen molar-refractivity contribution in [3.63, 3.8) is 0 Å². The Balaban J connectivity index is 1.76. The van der Waals surface area contributed by atoms with Crippen LogP contribution in [-0.2, 0) is 19.4 Å². The van der Waals surface area contributed by atoms with E-state index in [1.807, 2.05) is 0 Å². The zero-order valence-corrected chi connectivity index (χ0v) is 13.2. The Labute approximate surface area is 131 Å². The SMILES string of the molecule is O=C(Nc1nccs1)C1=NN([C@@H]2CCS(=O)(=O)C2)C(=O)CC1. The Morgan fingerprint density at radius 2 is 2.23 bits per heavy atom.